The Hall–Kier alpha value is -2.69. The van der Waals surface area contributed by atoms with Crippen molar-refractivity contribution < 1.29 is 4.79 Å². The minimum absolute atomic E-state index is 0.125. The molecule has 0 radical (unpaired) electrons. The quantitative estimate of drug-likeness (QED) is 0.801. The SMILES string of the molecule is O=C(Nc1ccc(-c2cn3cccnc3n2)cc1)C1CC1. The van der Waals surface area contributed by atoms with E-state index in [2.05, 4.69) is 15.3 Å². The van der Waals surface area contributed by atoms with Gasteiger partial charge >= 0.3 is 0 Å². The number of amides is 1. The number of hydrogen-bond donors (Lipinski definition) is 1. The maximum Gasteiger partial charge on any atom is 0.234 e. The van der Waals surface area contributed by atoms with Gasteiger partial charge in [0.1, 0.15) is 0 Å². The summed E-state index contributed by atoms with van der Waals surface area (Å²) in [5.74, 6) is 1.02. The topological polar surface area (TPSA) is 59.3 Å². The number of carbonyl (C=O) groups excluding carboxylic acids is 1. The molecule has 0 atom stereocenters. The van der Waals surface area contributed by atoms with Crippen molar-refractivity contribution in [3.63, 3.8) is 0 Å². The smallest absolute Gasteiger partial charge is 0.234 e. The van der Waals surface area contributed by atoms with Crippen molar-refractivity contribution in [1.29, 1.82) is 0 Å². The third-order valence-corrected chi connectivity index (χ3v) is 3.63. The predicted octanol–water partition coefficient (Wildman–Crippen LogP) is 2.74. The molecule has 3 aromatic rings. The lowest BCUT2D eigenvalue weighted by atomic mass is 10.1. The number of anilines is 1. The molecule has 1 aromatic carbocycles. The zero-order chi connectivity index (χ0) is 14.2. The first-order chi connectivity index (χ1) is 10.3. The van der Waals surface area contributed by atoms with Gasteiger partial charge in [-0.05, 0) is 31.0 Å². The molecule has 0 aliphatic heterocycles. The lowest BCUT2D eigenvalue weighted by Crippen LogP contribution is -2.12. The number of carbonyl (C=O) groups is 1. The molecule has 0 spiro atoms. The van der Waals surface area contributed by atoms with Crippen LogP contribution >= 0.6 is 0 Å². The van der Waals surface area contributed by atoms with E-state index in [0.717, 1.165) is 29.8 Å². The summed E-state index contributed by atoms with van der Waals surface area (Å²) < 4.78 is 1.89. The molecule has 1 saturated carbocycles. The second kappa shape index (κ2) is 4.70. The Bertz CT molecular complexity index is 770. The summed E-state index contributed by atoms with van der Waals surface area (Å²) in [5, 5.41) is 2.93. The Morgan fingerprint density at radius 3 is 2.76 bits per heavy atom. The van der Waals surface area contributed by atoms with Gasteiger partial charge in [0.15, 0.2) is 0 Å². The molecule has 1 aliphatic carbocycles. The highest BCUT2D eigenvalue weighted by Crippen LogP contribution is 2.30. The first-order valence-electron chi connectivity index (χ1n) is 7.01. The van der Waals surface area contributed by atoms with E-state index in [1.807, 2.05) is 47.1 Å². The summed E-state index contributed by atoms with van der Waals surface area (Å²) in [6, 6.07) is 9.61. The molecule has 1 fully saturated rings. The monoisotopic (exact) mass is 278 g/mol. The maximum atomic E-state index is 11.7. The molecule has 1 N–H and O–H groups in total. The van der Waals surface area contributed by atoms with E-state index in [0.29, 0.717) is 5.78 Å². The van der Waals surface area contributed by atoms with Crippen molar-refractivity contribution in [1.82, 2.24) is 14.4 Å². The number of imidazole rings is 1. The second-order valence-electron chi connectivity index (χ2n) is 5.29. The first-order valence-corrected chi connectivity index (χ1v) is 7.01. The number of hydrogen-bond acceptors (Lipinski definition) is 3. The Morgan fingerprint density at radius 1 is 1.24 bits per heavy atom. The highest BCUT2D eigenvalue weighted by molar-refractivity contribution is 5.94. The van der Waals surface area contributed by atoms with Crippen molar-refractivity contribution >= 4 is 17.4 Å². The summed E-state index contributed by atoms with van der Waals surface area (Å²) in [6.45, 7) is 0. The van der Waals surface area contributed by atoms with Gasteiger partial charge in [0.05, 0.1) is 5.69 Å². The van der Waals surface area contributed by atoms with Gasteiger partial charge in [-0.3, -0.25) is 9.20 Å². The van der Waals surface area contributed by atoms with E-state index in [4.69, 9.17) is 0 Å². The van der Waals surface area contributed by atoms with Gasteiger partial charge in [0.25, 0.3) is 0 Å². The molecule has 1 amide bonds. The Morgan fingerprint density at radius 2 is 2.05 bits per heavy atom. The molecule has 2 heterocycles. The fourth-order valence-electron chi connectivity index (χ4n) is 2.28. The van der Waals surface area contributed by atoms with Crippen LogP contribution in [0.1, 0.15) is 12.8 Å². The van der Waals surface area contributed by atoms with Crippen LogP contribution in [0, 0.1) is 5.92 Å². The Balaban J connectivity index is 1.58. The lowest BCUT2D eigenvalue weighted by molar-refractivity contribution is -0.117. The van der Waals surface area contributed by atoms with Crippen LogP contribution in [-0.4, -0.2) is 20.3 Å². The molecular formula is C16H14N4O. The fraction of sp³-hybridized carbons (Fsp3) is 0.188. The van der Waals surface area contributed by atoms with Crippen LogP contribution in [0.15, 0.2) is 48.9 Å². The van der Waals surface area contributed by atoms with Crippen LogP contribution in [0.5, 0.6) is 0 Å². The summed E-state index contributed by atoms with van der Waals surface area (Å²) >= 11 is 0. The molecule has 5 nitrogen and oxygen atoms in total. The number of rotatable bonds is 3. The largest absolute Gasteiger partial charge is 0.326 e. The molecule has 1 aliphatic rings. The van der Waals surface area contributed by atoms with Crippen LogP contribution in [0.3, 0.4) is 0 Å². The third kappa shape index (κ3) is 2.38. The van der Waals surface area contributed by atoms with Gasteiger partial charge in [0.2, 0.25) is 11.7 Å². The molecule has 21 heavy (non-hydrogen) atoms. The standard InChI is InChI=1S/C16H14N4O/c21-15(12-2-3-12)18-13-6-4-11(5-7-13)14-10-20-9-1-8-17-16(20)19-14/h1,4-10,12H,2-3H2,(H,18,21). The van der Waals surface area contributed by atoms with Crippen LogP contribution in [0.25, 0.3) is 17.0 Å². The van der Waals surface area contributed by atoms with Gasteiger partial charge in [-0.2, -0.15) is 0 Å². The summed E-state index contributed by atoms with van der Waals surface area (Å²) in [5.41, 5.74) is 2.70. The summed E-state index contributed by atoms with van der Waals surface area (Å²) in [6.07, 6.45) is 7.61. The van der Waals surface area contributed by atoms with Crippen molar-refractivity contribution in [3.8, 4) is 11.3 Å². The average Bonchev–Trinajstić information content (AvgIpc) is 3.27. The lowest BCUT2D eigenvalue weighted by Gasteiger charge is -2.04. The second-order valence-corrected chi connectivity index (χ2v) is 5.29. The minimum Gasteiger partial charge on any atom is -0.326 e. The van der Waals surface area contributed by atoms with E-state index >= 15 is 0 Å². The van der Waals surface area contributed by atoms with Crippen LogP contribution < -0.4 is 5.32 Å². The van der Waals surface area contributed by atoms with Gasteiger partial charge in [-0.15, -0.1) is 0 Å². The molecule has 104 valence electrons. The van der Waals surface area contributed by atoms with Gasteiger partial charge < -0.3 is 5.32 Å². The summed E-state index contributed by atoms with van der Waals surface area (Å²) in [7, 11) is 0. The molecular weight excluding hydrogens is 264 g/mol. The van der Waals surface area contributed by atoms with Gasteiger partial charge in [-0.1, -0.05) is 12.1 Å². The first kappa shape index (κ1) is 12.1. The number of fused-ring (bicyclic) bond motifs is 1. The van der Waals surface area contributed by atoms with E-state index < -0.39 is 0 Å². The van der Waals surface area contributed by atoms with Gasteiger partial charge in [0, 0.05) is 35.8 Å². The number of benzene rings is 1. The zero-order valence-corrected chi connectivity index (χ0v) is 11.4. The van der Waals surface area contributed by atoms with E-state index in [1.165, 1.54) is 0 Å². The van der Waals surface area contributed by atoms with Crippen LogP contribution in [0.2, 0.25) is 0 Å². The molecule has 5 heteroatoms. The normalized spacial score (nSPS) is 14.3. The Kier molecular flexibility index (Phi) is 2.70. The van der Waals surface area contributed by atoms with E-state index in [9.17, 15) is 4.79 Å². The van der Waals surface area contributed by atoms with E-state index in [1.54, 1.807) is 6.20 Å². The molecule has 0 bridgehead atoms. The van der Waals surface area contributed by atoms with Crippen molar-refractivity contribution in [3.05, 3.63) is 48.9 Å². The fourth-order valence-corrected chi connectivity index (χ4v) is 2.28. The van der Waals surface area contributed by atoms with Crippen molar-refractivity contribution in [2.75, 3.05) is 5.32 Å². The predicted molar refractivity (Wildman–Crippen MR) is 79.8 cm³/mol. The maximum absolute atomic E-state index is 11.7. The van der Waals surface area contributed by atoms with E-state index in [-0.39, 0.29) is 11.8 Å². The zero-order valence-electron chi connectivity index (χ0n) is 11.4. The molecule has 4 rings (SSSR count). The van der Waals surface area contributed by atoms with Crippen LogP contribution in [0.4, 0.5) is 5.69 Å². The Labute approximate surface area is 121 Å². The number of nitrogens with zero attached hydrogens (tertiary/aromatic N) is 3. The number of aromatic nitrogens is 3. The number of nitrogens with one attached hydrogen (secondary N) is 1. The minimum atomic E-state index is 0.125. The van der Waals surface area contributed by atoms with Gasteiger partial charge in [-0.25, -0.2) is 9.97 Å². The molecule has 0 unspecified atom stereocenters. The van der Waals surface area contributed by atoms with Crippen molar-refractivity contribution in [2.24, 2.45) is 5.92 Å². The van der Waals surface area contributed by atoms with Crippen LogP contribution in [-0.2, 0) is 4.79 Å². The average molecular weight is 278 g/mol. The highest BCUT2D eigenvalue weighted by Gasteiger charge is 2.29. The molecule has 2 aromatic heterocycles. The van der Waals surface area contributed by atoms with Crippen molar-refractivity contribution in [2.45, 2.75) is 12.8 Å². The summed E-state index contributed by atoms with van der Waals surface area (Å²) in [4.78, 5) is 20.4. The third-order valence-electron chi connectivity index (χ3n) is 3.63. The molecule has 0 saturated heterocycles. The highest BCUT2D eigenvalue weighted by atomic mass is 16.2.